The van der Waals surface area contributed by atoms with E-state index in [4.69, 9.17) is 10.1 Å². The molecule has 0 saturated carbocycles. The fourth-order valence-electron chi connectivity index (χ4n) is 0.428. The van der Waals surface area contributed by atoms with E-state index in [0.29, 0.717) is 5.75 Å². The van der Waals surface area contributed by atoms with Crippen LogP contribution >= 0.6 is 0 Å². The van der Waals surface area contributed by atoms with Gasteiger partial charge in [-0.1, -0.05) is 18.2 Å². The van der Waals surface area contributed by atoms with Gasteiger partial charge in [0.25, 0.3) is 0 Å². The topological polar surface area (TPSA) is 40.5 Å². The van der Waals surface area contributed by atoms with Gasteiger partial charge < -0.3 is 10.1 Å². The summed E-state index contributed by atoms with van der Waals surface area (Å²) in [6, 6.07) is 8.71. The van der Waals surface area contributed by atoms with Gasteiger partial charge in [0.2, 0.25) is 0 Å². The Kier molecular flexibility index (Phi) is 4.98. The van der Waals surface area contributed by atoms with Crippen molar-refractivity contribution >= 4 is 7.48 Å². The lowest BCUT2D eigenvalue weighted by atomic mass is 10.0. The van der Waals surface area contributed by atoms with Gasteiger partial charge in [0.15, 0.2) is 0 Å². The number of phenolic OH excluding ortho intramolecular Hbond substituents is 1. The van der Waals surface area contributed by atoms with Crippen LogP contribution in [0.2, 0.25) is 0 Å². The number of aromatic hydroxyl groups is 1. The fraction of sp³-hybridized carbons (Fsp3) is 0.143. The van der Waals surface area contributed by atoms with Gasteiger partial charge in [0, 0.05) is 0 Å². The maximum Gasteiger partial charge on any atom is 0.425 e. The molecule has 1 rings (SSSR count). The van der Waals surface area contributed by atoms with Crippen LogP contribution in [0.25, 0.3) is 0 Å². The summed E-state index contributed by atoms with van der Waals surface area (Å²) in [7, 11) is -0.812. The van der Waals surface area contributed by atoms with Crippen molar-refractivity contribution in [3.8, 4) is 5.75 Å². The van der Waals surface area contributed by atoms with Crippen LogP contribution in [0.3, 0.4) is 0 Å². The molecule has 1 radical (unpaired) electrons. The Morgan fingerprint density at radius 3 is 1.62 bits per heavy atom. The molecule has 0 spiro atoms. The first kappa shape index (κ1) is 11.8. The van der Waals surface area contributed by atoms with E-state index < -0.39 is 13.6 Å². The molecule has 0 aromatic heterocycles. The third-order valence-corrected chi connectivity index (χ3v) is 0.903. The maximum atomic E-state index is 10.5. The molecular formula is C7H7BF3O2. The number of rotatable bonds is 0. The van der Waals surface area contributed by atoms with Gasteiger partial charge in [-0.05, 0) is 12.1 Å². The van der Waals surface area contributed by atoms with Crippen molar-refractivity contribution in [3.63, 3.8) is 0 Å². The van der Waals surface area contributed by atoms with Gasteiger partial charge in [-0.2, -0.15) is 13.2 Å². The molecule has 0 unspecified atom stereocenters. The standard InChI is InChI=1S/C6H6O.CHBF3O/c7-6-4-2-1-3-5-6;3-1(4,5)2-6/h1-5,7H;6H. The average Bonchev–Trinajstić information content (AvgIpc) is 2.06. The van der Waals surface area contributed by atoms with Crippen LogP contribution in [0.5, 0.6) is 5.75 Å². The molecule has 0 fully saturated rings. The molecule has 2 nitrogen and oxygen atoms in total. The second-order valence-electron chi connectivity index (χ2n) is 2.01. The van der Waals surface area contributed by atoms with Gasteiger partial charge in [-0.25, -0.2) is 0 Å². The lowest BCUT2D eigenvalue weighted by molar-refractivity contribution is -0.0559. The molecular weight excluding hydrogens is 184 g/mol. The molecule has 1 aromatic rings. The average molecular weight is 191 g/mol. The van der Waals surface area contributed by atoms with Crippen LogP contribution in [0.1, 0.15) is 0 Å². The summed E-state index contributed by atoms with van der Waals surface area (Å²) in [5, 5.41) is 15.8. The Balaban J connectivity index is 0.000000226. The van der Waals surface area contributed by atoms with Crippen molar-refractivity contribution in [3.05, 3.63) is 30.3 Å². The summed E-state index contributed by atoms with van der Waals surface area (Å²) in [5.41, 5.74) is 0. The zero-order valence-corrected chi connectivity index (χ0v) is 6.49. The highest BCUT2D eigenvalue weighted by Crippen LogP contribution is 2.09. The molecule has 0 amide bonds. The minimum absolute atomic E-state index is 0.322. The van der Waals surface area contributed by atoms with E-state index in [1.165, 1.54) is 0 Å². The van der Waals surface area contributed by atoms with E-state index >= 15 is 0 Å². The molecule has 0 aliphatic heterocycles. The van der Waals surface area contributed by atoms with Crippen LogP contribution < -0.4 is 0 Å². The summed E-state index contributed by atoms with van der Waals surface area (Å²) in [6.07, 6.45) is -4.53. The minimum atomic E-state index is -4.53. The van der Waals surface area contributed by atoms with Crippen molar-refractivity contribution in [1.29, 1.82) is 0 Å². The predicted octanol–water partition coefficient (Wildman–Crippen LogP) is 1.51. The zero-order valence-electron chi connectivity index (χ0n) is 6.49. The van der Waals surface area contributed by atoms with Crippen molar-refractivity contribution in [2.45, 2.75) is 6.08 Å². The van der Waals surface area contributed by atoms with E-state index in [-0.39, 0.29) is 0 Å². The quantitative estimate of drug-likeness (QED) is 0.610. The molecule has 1 aromatic carbocycles. The molecule has 71 valence electrons. The van der Waals surface area contributed by atoms with Gasteiger partial charge >= 0.3 is 13.6 Å². The molecule has 6 heteroatoms. The van der Waals surface area contributed by atoms with E-state index in [9.17, 15) is 13.2 Å². The van der Waals surface area contributed by atoms with Crippen LogP contribution in [0.4, 0.5) is 13.2 Å². The normalized spacial score (nSPS) is 9.85. The lowest BCUT2D eigenvalue weighted by Crippen LogP contribution is -2.16. The van der Waals surface area contributed by atoms with Gasteiger partial charge in [0.05, 0.1) is 0 Å². The van der Waals surface area contributed by atoms with Gasteiger partial charge in [0.1, 0.15) is 5.75 Å². The number of halogens is 3. The molecule has 2 N–H and O–H groups in total. The highest BCUT2D eigenvalue weighted by Gasteiger charge is 2.27. The van der Waals surface area contributed by atoms with E-state index in [2.05, 4.69) is 0 Å². The van der Waals surface area contributed by atoms with Crippen molar-refractivity contribution < 1.29 is 23.3 Å². The predicted molar refractivity (Wildman–Crippen MR) is 42.1 cm³/mol. The number of alkyl halides is 3. The number of benzene rings is 1. The minimum Gasteiger partial charge on any atom is -0.508 e. The molecule has 0 aliphatic carbocycles. The summed E-state index contributed by atoms with van der Waals surface area (Å²) in [4.78, 5) is 0. The number of hydrogen-bond acceptors (Lipinski definition) is 2. The molecule has 0 aliphatic rings. The number of hydrogen-bond donors (Lipinski definition) is 2. The number of phenols is 1. The smallest absolute Gasteiger partial charge is 0.425 e. The van der Waals surface area contributed by atoms with E-state index in [0.717, 1.165) is 0 Å². The Bertz CT molecular complexity index is 225. The molecule has 0 bridgehead atoms. The SMILES string of the molecule is O[B]C(F)(F)F.Oc1ccccc1. The second-order valence-corrected chi connectivity index (χ2v) is 2.01. The highest BCUT2D eigenvalue weighted by molar-refractivity contribution is 6.28. The molecule has 0 heterocycles. The van der Waals surface area contributed by atoms with Crippen molar-refractivity contribution in [2.75, 3.05) is 0 Å². The molecule has 0 atom stereocenters. The largest absolute Gasteiger partial charge is 0.508 e. The summed E-state index contributed by atoms with van der Waals surface area (Å²) >= 11 is 0. The van der Waals surface area contributed by atoms with Crippen LogP contribution in [0.15, 0.2) is 30.3 Å². The Labute approximate surface area is 73.9 Å². The Morgan fingerprint density at radius 2 is 1.46 bits per heavy atom. The van der Waals surface area contributed by atoms with Gasteiger partial charge in [-0.15, -0.1) is 0 Å². The first-order valence-electron chi connectivity index (χ1n) is 3.25. The zero-order chi connectivity index (χ0) is 10.3. The first-order valence-corrected chi connectivity index (χ1v) is 3.25. The molecule has 0 saturated heterocycles. The van der Waals surface area contributed by atoms with Gasteiger partial charge in [-0.3, -0.25) is 0 Å². The van der Waals surface area contributed by atoms with Crippen LogP contribution in [-0.2, 0) is 0 Å². The van der Waals surface area contributed by atoms with Crippen LogP contribution in [0, 0.1) is 0 Å². The maximum absolute atomic E-state index is 10.5. The fourth-order valence-corrected chi connectivity index (χ4v) is 0.428. The van der Waals surface area contributed by atoms with E-state index in [1.807, 2.05) is 6.07 Å². The Hall–Kier alpha value is -1.17. The molecule has 13 heavy (non-hydrogen) atoms. The van der Waals surface area contributed by atoms with Crippen molar-refractivity contribution in [1.82, 2.24) is 0 Å². The van der Waals surface area contributed by atoms with Crippen molar-refractivity contribution in [2.24, 2.45) is 0 Å². The second kappa shape index (κ2) is 5.48. The Morgan fingerprint density at radius 1 is 1.08 bits per heavy atom. The van der Waals surface area contributed by atoms with E-state index in [1.54, 1.807) is 24.3 Å². The number of para-hydroxylation sites is 1. The summed E-state index contributed by atoms with van der Waals surface area (Å²) < 4.78 is 31.4. The third kappa shape index (κ3) is 8.74. The first-order chi connectivity index (χ1) is 5.95. The highest BCUT2D eigenvalue weighted by atomic mass is 19.4. The summed E-state index contributed by atoms with van der Waals surface area (Å²) in [6.45, 7) is 0. The third-order valence-electron chi connectivity index (χ3n) is 0.903. The van der Waals surface area contributed by atoms with Crippen LogP contribution in [-0.4, -0.2) is 23.7 Å². The monoisotopic (exact) mass is 191 g/mol. The lowest BCUT2D eigenvalue weighted by Gasteiger charge is -1.93. The summed E-state index contributed by atoms with van der Waals surface area (Å²) in [5.74, 6) is 0.322.